The summed E-state index contributed by atoms with van der Waals surface area (Å²) in [7, 11) is 0. The monoisotopic (exact) mass is 467 g/mol. The molecule has 2 fully saturated rings. The third-order valence-corrected chi connectivity index (χ3v) is 6.50. The second-order valence-electron chi connectivity index (χ2n) is 8.60. The molecule has 0 spiro atoms. The molecule has 176 valence electrons. The summed E-state index contributed by atoms with van der Waals surface area (Å²) in [6.07, 6.45) is 1.61. The topological polar surface area (TPSA) is 123 Å². The smallest absolute Gasteiger partial charge is 0.286 e. The molecule has 0 bridgehead atoms. The van der Waals surface area contributed by atoms with E-state index in [1.165, 1.54) is 6.20 Å². The van der Waals surface area contributed by atoms with E-state index < -0.39 is 41.0 Å². The summed E-state index contributed by atoms with van der Waals surface area (Å²) >= 11 is 0. The Morgan fingerprint density at radius 3 is 2.41 bits per heavy atom. The number of amides is 4. The molecule has 11 heteroatoms. The lowest BCUT2D eigenvalue weighted by atomic mass is 10.0. The van der Waals surface area contributed by atoms with Crippen LogP contribution in [0.25, 0.3) is 0 Å². The lowest BCUT2D eigenvalue weighted by Gasteiger charge is -2.36. The van der Waals surface area contributed by atoms with Gasteiger partial charge in [-0.25, -0.2) is 0 Å². The van der Waals surface area contributed by atoms with Crippen LogP contribution in [0.5, 0.6) is 0 Å². The van der Waals surface area contributed by atoms with Gasteiger partial charge in [0.25, 0.3) is 17.4 Å². The third-order valence-electron chi connectivity index (χ3n) is 6.50. The van der Waals surface area contributed by atoms with Crippen molar-refractivity contribution < 1.29 is 23.6 Å². The first-order chi connectivity index (χ1) is 16.3. The molecule has 10 nitrogen and oxygen atoms in total. The molecule has 0 saturated carbocycles. The number of piperazine rings is 1. The van der Waals surface area contributed by atoms with Crippen LogP contribution in [-0.4, -0.2) is 70.6 Å². The number of piperidine rings is 1. The number of hydrogen-bond acceptors (Lipinski definition) is 7. The SMILES string of the molecule is O=C1CCC(N2C(=O)c3ccc(CN4CCN(c5cc[nH]c(=O)c5F)CC4)cc3C2=O)C(=O)N1. The molecule has 3 aliphatic rings. The van der Waals surface area contributed by atoms with Crippen molar-refractivity contribution in [2.24, 2.45) is 0 Å². The Hall–Kier alpha value is -3.86. The molecule has 3 aliphatic heterocycles. The van der Waals surface area contributed by atoms with Gasteiger partial charge >= 0.3 is 0 Å². The van der Waals surface area contributed by atoms with E-state index >= 15 is 0 Å². The molecule has 1 aromatic carbocycles. The van der Waals surface area contributed by atoms with E-state index in [0.29, 0.717) is 32.7 Å². The standard InChI is InChI=1S/C23H22FN5O5/c24-19-16(5-6-25-21(19)32)28-9-7-27(8-10-28)12-13-1-2-14-15(11-13)23(34)29(22(14)33)17-3-4-18(30)26-20(17)31/h1-2,5-6,11,17H,3-4,7-10,12H2,(H,25,32)(H,26,30,31). The van der Waals surface area contributed by atoms with Gasteiger partial charge in [0.1, 0.15) is 6.04 Å². The van der Waals surface area contributed by atoms with Crippen LogP contribution in [0.1, 0.15) is 39.1 Å². The first-order valence-electron chi connectivity index (χ1n) is 11.0. The number of imide groups is 2. The summed E-state index contributed by atoms with van der Waals surface area (Å²) in [6.45, 7) is 2.84. The van der Waals surface area contributed by atoms with E-state index in [2.05, 4.69) is 15.2 Å². The number of pyridine rings is 1. The largest absolute Gasteiger partial charge is 0.366 e. The van der Waals surface area contributed by atoms with Crippen molar-refractivity contribution in [3.63, 3.8) is 0 Å². The van der Waals surface area contributed by atoms with E-state index in [9.17, 15) is 28.4 Å². The van der Waals surface area contributed by atoms with Crippen LogP contribution in [0.4, 0.5) is 10.1 Å². The van der Waals surface area contributed by atoms with Gasteiger partial charge in [0.2, 0.25) is 17.6 Å². The van der Waals surface area contributed by atoms with Gasteiger partial charge in [-0.1, -0.05) is 6.07 Å². The van der Waals surface area contributed by atoms with Crippen molar-refractivity contribution in [3.8, 4) is 0 Å². The predicted molar refractivity (Wildman–Crippen MR) is 118 cm³/mol. The molecule has 0 radical (unpaired) electrons. The normalized spacial score (nSPS) is 21.1. The number of rotatable bonds is 4. The van der Waals surface area contributed by atoms with Crippen LogP contribution >= 0.6 is 0 Å². The fraction of sp³-hybridized carbons (Fsp3) is 0.348. The Labute approximate surface area is 193 Å². The highest BCUT2D eigenvalue weighted by Gasteiger charge is 2.44. The van der Waals surface area contributed by atoms with Crippen molar-refractivity contribution in [1.82, 2.24) is 20.1 Å². The highest BCUT2D eigenvalue weighted by atomic mass is 19.1. The average molecular weight is 467 g/mol. The Kier molecular flexibility index (Phi) is 5.48. The van der Waals surface area contributed by atoms with Crippen molar-refractivity contribution in [3.05, 3.63) is 63.3 Å². The van der Waals surface area contributed by atoms with Crippen LogP contribution in [-0.2, 0) is 16.1 Å². The van der Waals surface area contributed by atoms with E-state index in [0.717, 1.165) is 10.5 Å². The number of H-pyrrole nitrogens is 1. The Morgan fingerprint density at radius 2 is 1.68 bits per heavy atom. The van der Waals surface area contributed by atoms with Gasteiger partial charge in [-0.05, 0) is 30.2 Å². The third kappa shape index (κ3) is 3.77. The number of halogens is 1. The van der Waals surface area contributed by atoms with Gasteiger partial charge in [0.15, 0.2) is 0 Å². The van der Waals surface area contributed by atoms with Crippen molar-refractivity contribution >= 4 is 29.3 Å². The number of hydrogen-bond donors (Lipinski definition) is 2. The molecule has 2 saturated heterocycles. The number of aromatic nitrogens is 1. The summed E-state index contributed by atoms with van der Waals surface area (Å²) in [6, 6.07) is 5.60. The highest BCUT2D eigenvalue weighted by Crippen LogP contribution is 2.29. The van der Waals surface area contributed by atoms with E-state index in [4.69, 9.17) is 0 Å². The molecule has 2 N–H and O–H groups in total. The minimum atomic E-state index is -0.993. The molecular weight excluding hydrogens is 445 g/mol. The number of carbonyl (C=O) groups excluding carboxylic acids is 4. The van der Waals surface area contributed by atoms with E-state index in [-0.39, 0.29) is 29.7 Å². The van der Waals surface area contributed by atoms with Crippen LogP contribution in [0, 0.1) is 5.82 Å². The van der Waals surface area contributed by atoms with Crippen LogP contribution in [0.15, 0.2) is 35.3 Å². The average Bonchev–Trinajstić information content (AvgIpc) is 3.06. The Bertz CT molecular complexity index is 1270. The molecule has 4 heterocycles. The first-order valence-corrected chi connectivity index (χ1v) is 11.0. The predicted octanol–water partition coefficient (Wildman–Crippen LogP) is 0.237. The molecule has 4 amide bonds. The fourth-order valence-electron chi connectivity index (χ4n) is 4.71. The molecular formula is C23H22FN5O5. The maximum atomic E-state index is 14.1. The molecule has 0 aliphatic carbocycles. The molecule has 1 unspecified atom stereocenters. The molecule has 34 heavy (non-hydrogen) atoms. The van der Waals surface area contributed by atoms with Crippen LogP contribution < -0.4 is 15.8 Å². The summed E-state index contributed by atoms with van der Waals surface area (Å²) in [5.41, 5.74) is 0.854. The quantitative estimate of drug-likeness (QED) is 0.618. The van der Waals surface area contributed by atoms with Crippen molar-refractivity contribution in [2.45, 2.75) is 25.4 Å². The van der Waals surface area contributed by atoms with E-state index in [1.54, 1.807) is 24.3 Å². The number of nitrogens with one attached hydrogen (secondary N) is 2. The Morgan fingerprint density at radius 1 is 0.941 bits per heavy atom. The zero-order valence-electron chi connectivity index (χ0n) is 18.2. The summed E-state index contributed by atoms with van der Waals surface area (Å²) < 4.78 is 14.1. The van der Waals surface area contributed by atoms with Crippen LogP contribution in [0.3, 0.4) is 0 Å². The number of nitrogens with zero attached hydrogens (tertiary/aromatic N) is 3. The second kappa shape index (κ2) is 8.49. The highest BCUT2D eigenvalue weighted by molar-refractivity contribution is 6.23. The lowest BCUT2D eigenvalue weighted by Crippen LogP contribution is -2.54. The van der Waals surface area contributed by atoms with E-state index in [1.807, 2.05) is 4.90 Å². The van der Waals surface area contributed by atoms with Crippen molar-refractivity contribution in [1.29, 1.82) is 0 Å². The van der Waals surface area contributed by atoms with Gasteiger partial charge < -0.3 is 9.88 Å². The number of fused-ring (bicyclic) bond motifs is 1. The number of aromatic amines is 1. The van der Waals surface area contributed by atoms with Crippen molar-refractivity contribution in [2.75, 3.05) is 31.1 Å². The fourth-order valence-corrected chi connectivity index (χ4v) is 4.71. The maximum absolute atomic E-state index is 14.1. The van der Waals surface area contributed by atoms with Gasteiger partial charge in [0, 0.05) is 45.3 Å². The van der Waals surface area contributed by atoms with Crippen LogP contribution in [0.2, 0.25) is 0 Å². The number of benzene rings is 1. The molecule has 1 aromatic heterocycles. The lowest BCUT2D eigenvalue weighted by molar-refractivity contribution is -0.136. The zero-order valence-corrected chi connectivity index (χ0v) is 18.2. The van der Waals surface area contributed by atoms with Gasteiger partial charge in [-0.3, -0.25) is 39.1 Å². The maximum Gasteiger partial charge on any atom is 0.286 e. The summed E-state index contributed by atoms with van der Waals surface area (Å²) in [5.74, 6) is -2.92. The minimum Gasteiger partial charge on any atom is -0.366 e. The first kappa shape index (κ1) is 22.0. The summed E-state index contributed by atoms with van der Waals surface area (Å²) in [5, 5.41) is 2.18. The van der Waals surface area contributed by atoms with Gasteiger partial charge in [-0.15, -0.1) is 0 Å². The second-order valence-corrected chi connectivity index (χ2v) is 8.60. The van der Waals surface area contributed by atoms with Gasteiger partial charge in [-0.2, -0.15) is 4.39 Å². The molecule has 1 atom stereocenters. The Balaban J connectivity index is 1.26. The number of carbonyl (C=O) groups is 4. The zero-order chi connectivity index (χ0) is 24.0. The summed E-state index contributed by atoms with van der Waals surface area (Å²) in [4.78, 5) is 68.2. The number of anilines is 1. The van der Waals surface area contributed by atoms with Gasteiger partial charge in [0.05, 0.1) is 16.8 Å². The molecule has 5 rings (SSSR count). The molecule has 2 aromatic rings. The minimum absolute atomic E-state index is 0.0717.